The lowest BCUT2D eigenvalue weighted by molar-refractivity contribution is -0.116. The highest BCUT2D eigenvalue weighted by Gasteiger charge is 2.17. The second kappa shape index (κ2) is 9.12. The van der Waals surface area contributed by atoms with Crippen LogP contribution in [0.4, 0.5) is 5.69 Å². The van der Waals surface area contributed by atoms with Crippen LogP contribution in [0.25, 0.3) is 11.0 Å². The second-order valence-electron chi connectivity index (χ2n) is 7.87. The quantitative estimate of drug-likeness (QED) is 0.493. The average molecular weight is 444 g/mol. The van der Waals surface area contributed by atoms with Crippen molar-refractivity contribution in [1.29, 1.82) is 0 Å². The molecule has 0 saturated heterocycles. The van der Waals surface area contributed by atoms with Gasteiger partial charge in [0.2, 0.25) is 5.91 Å². The molecule has 2 aromatic heterocycles. The zero-order chi connectivity index (χ0) is 23.5. The number of nitrogens with zero attached hydrogens (tertiary/aromatic N) is 3. The molecule has 0 saturated carbocycles. The Balaban J connectivity index is 1.77. The lowest BCUT2D eigenvalue weighted by Crippen LogP contribution is -2.42. The third kappa shape index (κ3) is 4.55. The van der Waals surface area contributed by atoms with Gasteiger partial charge in [0.15, 0.2) is 0 Å². The highest BCUT2D eigenvalue weighted by atomic mass is 16.5. The maximum Gasteiger partial charge on any atom is 0.333 e. The van der Waals surface area contributed by atoms with Crippen LogP contribution in [0.5, 0.6) is 5.75 Å². The van der Waals surface area contributed by atoms with Gasteiger partial charge in [-0.2, -0.15) is 0 Å². The fourth-order valence-electron chi connectivity index (χ4n) is 3.92. The topological polar surface area (TPSA) is 95.2 Å². The molecule has 0 radical (unpaired) electrons. The Morgan fingerprint density at radius 1 is 1.00 bits per heavy atom. The van der Waals surface area contributed by atoms with E-state index >= 15 is 0 Å². The summed E-state index contributed by atoms with van der Waals surface area (Å²) in [6, 6.07) is 16.1. The van der Waals surface area contributed by atoms with E-state index in [4.69, 9.17) is 4.74 Å². The van der Waals surface area contributed by atoms with E-state index in [-0.39, 0.29) is 24.1 Å². The number of rotatable bonds is 6. The molecule has 0 unspecified atom stereocenters. The number of amides is 1. The highest BCUT2D eigenvalue weighted by molar-refractivity contribution is 5.91. The molecular weight excluding hydrogens is 420 g/mol. The summed E-state index contributed by atoms with van der Waals surface area (Å²) in [6.07, 6.45) is 1.49. The van der Waals surface area contributed by atoms with Crippen molar-refractivity contribution in [3.63, 3.8) is 0 Å². The van der Waals surface area contributed by atoms with Gasteiger partial charge in [-0.15, -0.1) is 0 Å². The Morgan fingerprint density at radius 3 is 2.45 bits per heavy atom. The average Bonchev–Trinajstić information content (AvgIpc) is 2.79. The number of fused-ring (bicyclic) bond motifs is 1. The summed E-state index contributed by atoms with van der Waals surface area (Å²) < 4.78 is 7.69. The molecule has 1 N–H and O–H groups in total. The molecular formula is C25H24N4O4. The van der Waals surface area contributed by atoms with E-state index in [1.54, 1.807) is 30.3 Å². The molecule has 0 aliphatic heterocycles. The van der Waals surface area contributed by atoms with Crippen LogP contribution in [0, 0.1) is 13.8 Å². The lowest BCUT2D eigenvalue weighted by atomic mass is 10.1. The zero-order valence-corrected chi connectivity index (χ0v) is 18.7. The maximum absolute atomic E-state index is 13.4. The fourth-order valence-corrected chi connectivity index (χ4v) is 3.92. The van der Waals surface area contributed by atoms with Gasteiger partial charge in [-0.05, 0) is 55.3 Å². The Hall–Kier alpha value is -4.20. The van der Waals surface area contributed by atoms with Crippen LogP contribution in [0.15, 0.2) is 70.4 Å². The van der Waals surface area contributed by atoms with Crippen LogP contribution in [-0.4, -0.2) is 27.1 Å². The molecule has 8 heteroatoms. The zero-order valence-electron chi connectivity index (χ0n) is 18.7. The third-order valence-electron chi connectivity index (χ3n) is 5.31. The number of anilines is 1. The smallest absolute Gasteiger partial charge is 0.333 e. The first-order chi connectivity index (χ1) is 15.9. The van der Waals surface area contributed by atoms with Gasteiger partial charge in [-0.3, -0.25) is 18.7 Å². The van der Waals surface area contributed by atoms with Crippen molar-refractivity contribution in [2.75, 3.05) is 12.4 Å². The van der Waals surface area contributed by atoms with Crippen molar-refractivity contribution < 1.29 is 9.53 Å². The number of benzene rings is 2. The number of aryl methyl sites for hydroxylation is 2. The molecule has 0 atom stereocenters. The summed E-state index contributed by atoms with van der Waals surface area (Å²) in [5.41, 5.74) is 2.42. The normalized spacial score (nSPS) is 10.9. The van der Waals surface area contributed by atoms with Crippen LogP contribution < -0.4 is 21.3 Å². The summed E-state index contributed by atoms with van der Waals surface area (Å²) in [7, 11) is 1.53. The summed E-state index contributed by atoms with van der Waals surface area (Å²) in [6.45, 7) is 3.60. The molecule has 0 spiro atoms. The molecule has 2 heterocycles. The van der Waals surface area contributed by atoms with E-state index in [1.807, 2.05) is 38.1 Å². The minimum Gasteiger partial charge on any atom is -0.496 e. The number of carbonyl (C=O) groups is 1. The van der Waals surface area contributed by atoms with Crippen LogP contribution in [0.1, 0.15) is 16.7 Å². The Kier molecular flexibility index (Phi) is 6.08. The van der Waals surface area contributed by atoms with Crippen LogP contribution >= 0.6 is 0 Å². The van der Waals surface area contributed by atoms with Crippen molar-refractivity contribution in [2.45, 2.75) is 26.9 Å². The molecule has 33 heavy (non-hydrogen) atoms. The van der Waals surface area contributed by atoms with Gasteiger partial charge >= 0.3 is 5.69 Å². The van der Waals surface area contributed by atoms with Gasteiger partial charge in [0.05, 0.1) is 19.0 Å². The van der Waals surface area contributed by atoms with E-state index in [0.717, 1.165) is 15.7 Å². The van der Waals surface area contributed by atoms with E-state index in [0.29, 0.717) is 17.0 Å². The SMILES string of the molecule is COc1ccccc1Cn1c(=O)c2cccnc2n(CC(=O)Nc2cc(C)cc(C)c2)c1=O. The molecule has 8 nitrogen and oxygen atoms in total. The van der Waals surface area contributed by atoms with Crippen molar-refractivity contribution in [1.82, 2.24) is 14.1 Å². The first-order valence-corrected chi connectivity index (χ1v) is 10.5. The number of pyridine rings is 1. The molecule has 4 aromatic rings. The Morgan fingerprint density at radius 2 is 1.73 bits per heavy atom. The first kappa shape index (κ1) is 22.0. The second-order valence-corrected chi connectivity index (χ2v) is 7.87. The van der Waals surface area contributed by atoms with E-state index in [9.17, 15) is 14.4 Å². The van der Waals surface area contributed by atoms with Crippen molar-refractivity contribution in [2.24, 2.45) is 0 Å². The lowest BCUT2D eigenvalue weighted by Gasteiger charge is -2.15. The number of nitrogens with one attached hydrogen (secondary N) is 1. The molecule has 1 amide bonds. The predicted octanol–water partition coefficient (Wildman–Crippen LogP) is 2.87. The van der Waals surface area contributed by atoms with Crippen LogP contribution in [-0.2, 0) is 17.9 Å². The Labute approximate surface area is 190 Å². The van der Waals surface area contributed by atoms with Crippen LogP contribution in [0.3, 0.4) is 0 Å². The van der Waals surface area contributed by atoms with Gasteiger partial charge in [0.25, 0.3) is 5.56 Å². The van der Waals surface area contributed by atoms with E-state index in [1.165, 1.54) is 17.9 Å². The minimum atomic E-state index is -0.618. The van der Waals surface area contributed by atoms with Gasteiger partial charge in [0, 0.05) is 17.4 Å². The highest BCUT2D eigenvalue weighted by Crippen LogP contribution is 2.18. The fraction of sp³-hybridized carbons (Fsp3) is 0.200. The van der Waals surface area contributed by atoms with E-state index in [2.05, 4.69) is 10.3 Å². The van der Waals surface area contributed by atoms with Gasteiger partial charge in [-0.1, -0.05) is 24.3 Å². The van der Waals surface area contributed by atoms with Crippen molar-refractivity contribution in [3.8, 4) is 5.75 Å². The number of carbonyl (C=O) groups excluding carboxylic acids is 1. The first-order valence-electron chi connectivity index (χ1n) is 10.5. The monoisotopic (exact) mass is 444 g/mol. The molecule has 2 aromatic carbocycles. The third-order valence-corrected chi connectivity index (χ3v) is 5.31. The largest absolute Gasteiger partial charge is 0.496 e. The molecule has 4 rings (SSSR count). The van der Waals surface area contributed by atoms with Crippen molar-refractivity contribution >= 4 is 22.6 Å². The minimum absolute atomic E-state index is 0.00517. The standard InChI is InChI=1S/C25H24N4O4/c1-16-11-17(2)13-19(12-16)27-22(30)15-28-23-20(8-6-10-26-23)24(31)29(25(28)32)14-18-7-4-5-9-21(18)33-3/h4-13H,14-15H2,1-3H3,(H,27,30). The predicted molar refractivity (Wildman–Crippen MR) is 127 cm³/mol. The molecule has 0 fully saturated rings. The number of hydrogen-bond donors (Lipinski definition) is 1. The molecule has 168 valence electrons. The van der Waals surface area contributed by atoms with E-state index < -0.39 is 17.2 Å². The maximum atomic E-state index is 13.4. The number of hydrogen-bond acceptors (Lipinski definition) is 5. The van der Waals surface area contributed by atoms with Crippen molar-refractivity contribution in [3.05, 3.63) is 98.3 Å². The summed E-state index contributed by atoms with van der Waals surface area (Å²) >= 11 is 0. The van der Waals surface area contributed by atoms with Crippen LogP contribution in [0.2, 0.25) is 0 Å². The summed E-state index contributed by atoms with van der Waals surface area (Å²) in [5.74, 6) is 0.172. The molecule has 0 aliphatic carbocycles. The summed E-state index contributed by atoms with van der Waals surface area (Å²) in [4.78, 5) is 43.6. The molecule has 0 aliphatic rings. The number of methoxy groups -OCH3 is 1. The van der Waals surface area contributed by atoms with Gasteiger partial charge in [-0.25, -0.2) is 9.78 Å². The molecule has 0 bridgehead atoms. The number of ether oxygens (including phenoxy) is 1. The Bertz CT molecular complexity index is 1450. The van der Waals surface area contributed by atoms with Gasteiger partial charge < -0.3 is 10.1 Å². The number of para-hydroxylation sites is 1. The number of aromatic nitrogens is 3. The van der Waals surface area contributed by atoms with Gasteiger partial charge in [0.1, 0.15) is 17.9 Å². The summed E-state index contributed by atoms with van der Waals surface area (Å²) in [5, 5.41) is 3.09.